The molecule has 12 heteroatoms. The van der Waals surface area contributed by atoms with E-state index in [0.29, 0.717) is 27.9 Å². The van der Waals surface area contributed by atoms with Crippen molar-refractivity contribution < 1.29 is 33.4 Å². The molecule has 0 unspecified atom stereocenters. The number of nitrogens with zero attached hydrogens (tertiary/aromatic N) is 2. The molecule has 0 spiro atoms. The van der Waals surface area contributed by atoms with Crippen LogP contribution >= 0.6 is 0 Å². The number of esters is 2. The van der Waals surface area contributed by atoms with Gasteiger partial charge in [0.25, 0.3) is 5.56 Å². The first-order chi connectivity index (χ1) is 18.7. The number of carbonyl (C=O) groups excluding carboxylic acids is 4. The summed E-state index contributed by atoms with van der Waals surface area (Å²) in [5, 5.41) is 0. The molecule has 0 saturated carbocycles. The van der Waals surface area contributed by atoms with E-state index < -0.39 is 60.1 Å². The van der Waals surface area contributed by atoms with E-state index in [1.54, 1.807) is 49.4 Å². The van der Waals surface area contributed by atoms with Gasteiger partial charge in [-0.3, -0.25) is 23.7 Å². The van der Waals surface area contributed by atoms with Crippen molar-refractivity contribution in [3.63, 3.8) is 0 Å². The van der Waals surface area contributed by atoms with Crippen LogP contribution in [0, 0.1) is 0 Å². The number of carbonyl (C=O) groups is 4. The molecule has 0 radical (unpaired) electrons. The molecule has 0 amide bonds. The highest BCUT2D eigenvalue weighted by Gasteiger charge is 2.25. The van der Waals surface area contributed by atoms with Crippen LogP contribution in [0.15, 0.2) is 64.2 Å². The van der Waals surface area contributed by atoms with Crippen LogP contribution in [0.4, 0.5) is 5.82 Å². The Morgan fingerprint density at radius 3 is 2.13 bits per heavy atom. The minimum atomic E-state index is -1.12. The second kappa shape index (κ2) is 13.0. The summed E-state index contributed by atoms with van der Waals surface area (Å²) in [5.74, 6) is -2.96. The number of rotatable bonds is 12. The Morgan fingerprint density at radius 1 is 0.846 bits per heavy atom. The van der Waals surface area contributed by atoms with Gasteiger partial charge in [-0.05, 0) is 29.8 Å². The number of benzene rings is 2. The lowest BCUT2D eigenvalue weighted by Gasteiger charge is -2.16. The predicted octanol–water partition coefficient (Wildman–Crippen LogP) is 1.21. The molecule has 39 heavy (non-hydrogen) atoms. The number of hydrogen-bond acceptors (Lipinski definition) is 10. The fourth-order valence-electron chi connectivity index (χ4n) is 3.57. The van der Waals surface area contributed by atoms with Gasteiger partial charge in [0.1, 0.15) is 23.7 Å². The highest BCUT2D eigenvalue weighted by molar-refractivity contribution is 6.01. The van der Waals surface area contributed by atoms with Gasteiger partial charge in [0.05, 0.1) is 13.7 Å². The summed E-state index contributed by atoms with van der Waals surface area (Å²) in [6.45, 7) is -0.523. The molecule has 3 aromatic rings. The number of ether oxygens (including phenoxy) is 3. The fraction of sp³-hybridized carbons (Fsp3) is 0.259. The van der Waals surface area contributed by atoms with E-state index in [9.17, 15) is 28.8 Å². The van der Waals surface area contributed by atoms with Crippen molar-refractivity contribution in [2.75, 3.05) is 26.1 Å². The molecule has 2 N–H and O–H groups in total. The molecule has 204 valence electrons. The Hall–Kier alpha value is -5.00. The predicted molar refractivity (Wildman–Crippen MR) is 139 cm³/mol. The summed E-state index contributed by atoms with van der Waals surface area (Å²) in [7, 11) is 1.08. The molecule has 0 fully saturated rings. The normalized spacial score (nSPS) is 10.5. The second-order valence-corrected chi connectivity index (χ2v) is 8.26. The summed E-state index contributed by atoms with van der Waals surface area (Å²) < 4.78 is 16.3. The van der Waals surface area contributed by atoms with Gasteiger partial charge in [0.2, 0.25) is 5.78 Å². The quantitative estimate of drug-likeness (QED) is 0.262. The molecule has 3 rings (SSSR count). The SMILES string of the molecule is CCC(=O)c1ccc(OCC(=O)OCC(=O)c2c(N)n(Cc3ccccc3)c(=O)n(CC(=O)OC)c2=O)cc1. The fourth-order valence-corrected chi connectivity index (χ4v) is 3.57. The Labute approximate surface area is 222 Å². The largest absolute Gasteiger partial charge is 0.482 e. The zero-order valence-corrected chi connectivity index (χ0v) is 21.4. The van der Waals surface area contributed by atoms with E-state index in [1.165, 1.54) is 12.1 Å². The maximum Gasteiger partial charge on any atom is 0.344 e. The van der Waals surface area contributed by atoms with E-state index >= 15 is 0 Å². The maximum atomic E-state index is 13.0. The van der Waals surface area contributed by atoms with Crippen LogP contribution in [-0.2, 0) is 32.2 Å². The summed E-state index contributed by atoms with van der Waals surface area (Å²) in [6.07, 6.45) is 0.350. The molecule has 0 aliphatic rings. The number of anilines is 1. The third-order valence-corrected chi connectivity index (χ3v) is 5.66. The number of methoxy groups -OCH3 is 1. The van der Waals surface area contributed by atoms with Crippen molar-refractivity contribution in [1.29, 1.82) is 0 Å². The van der Waals surface area contributed by atoms with E-state index in [-0.39, 0.29) is 12.3 Å². The smallest absolute Gasteiger partial charge is 0.344 e. The number of aromatic nitrogens is 2. The minimum absolute atomic E-state index is 0.0421. The first kappa shape index (κ1) is 28.6. The lowest BCUT2D eigenvalue weighted by atomic mass is 10.1. The molecule has 0 atom stereocenters. The highest BCUT2D eigenvalue weighted by Crippen LogP contribution is 2.14. The zero-order chi connectivity index (χ0) is 28.5. The number of nitrogen functional groups attached to an aromatic ring is 1. The van der Waals surface area contributed by atoms with E-state index in [4.69, 9.17) is 15.2 Å². The maximum absolute atomic E-state index is 13.0. The van der Waals surface area contributed by atoms with Crippen molar-refractivity contribution in [2.24, 2.45) is 0 Å². The lowest BCUT2D eigenvalue weighted by Crippen LogP contribution is -2.46. The average Bonchev–Trinajstić information content (AvgIpc) is 2.95. The summed E-state index contributed by atoms with van der Waals surface area (Å²) in [6, 6.07) is 14.8. The van der Waals surface area contributed by atoms with Gasteiger partial charge in [-0.25, -0.2) is 14.2 Å². The van der Waals surface area contributed by atoms with E-state index in [2.05, 4.69) is 4.74 Å². The van der Waals surface area contributed by atoms with Crippen LogP contribution < -0.4 is 21.7 Å². The molecule has 0 aliphatic heterocycles. The molecule has 12 nitrogen and oxygen atoms in total. The van der Waals surface area contributed by atoms with Gasteiger partial charge in [0, 0.05) is 12.0 Å². The van der Waals surface area contributed by atoms with Gasteiger partial charge < -0.3 is 19.9 Å². The van der Waals surface area contributed by atoms with Gasteiger partial charge in [-0.15, -0.1) is 0 Å². The third-order valence-electron chi connectivity index (χ3n) is 5.66. The third kappa shape index (κ3) is 7.06. The molecule has 1 aromatic heterocycles. The number of hydrogen-bond donors (Lipinski definition) is 1. The standard InChI is InChI=1S/C27H27N3O9/c1-3-20(31)18-9-11-19(12-10-18)38-16-23(34)39-15-21(32)24-25(28)29(13-17-7-5-4-6-8-17)27(36)30(26(24)35)14-22(33)37-2/h4-12H,3,13-16,28H2,1-2H3. The number of nitrogens with two attached hydrogens (primary N) is 1. The van der Waals surface area contributed by atoms with Crippen molar-refractivity contribution in [2.45, 2.75) is 26.4 Å². The van der Waals surface area contributed by atoms with Gasteiger partial charge in [0.15, 0.2) is 19.0 Å². The van der Waals surface area contributed by atoms with Crippen molar-refractivity contribution >= 4 is 29.3 Å². The summed E-state index contributed by atoms with van der Waals surface area (Å²) >= 11 is 0. The van der Waals surface area contributed by atoms with Gasteiger partial charge in [-0.1, -0.05) is 37.3 Å². The van der Waals surface area contributed by atoms with Crippen LogP contribution in [0.2, 0.25) is 0 Å². The molecule has 0 aliphatic carbocycles. The van der Waals surface area contributed by atoms with Crippen LogP contribution in [-0.4, -0.2) is 53.0 Å². The van der Waals surface area contributed by atoms with E-state index in [0.717, 1.165) is 11.7 Å². The van der Waals surface area contributed by atoms with Crippen LogP contribution in [0.5, 0.6) is 5.75 Å². The first-order valence-corrected chi connectivity index (χ1v) is 11.8. The Kier molecular flexibility index (Phi) is 9.52. The topological polar surface area (TPSA) is 166 Å². The van der Waals surface area contributed by atoms with Crippen LogP contribution in [0.1, 0.15) is 39.6 Å². The second-order valence-electron chi connectivity index (χ2n) is 8.26. The molecule has 2 aromatic carbocycles. The first-order valence-electron chi connectivity index (χ1n) is 11.8. The minimum Gasteiger partial charge on any atom is -0.482 e. The van der Waals surface area contributed by atoms with Crippen LogP contribution in [0.3, 0.4) is 0 Å². The van der Waals surface area contributed by atoms with Crippen molar-refractivity contribution in [1.82, 2.24) is 9.13 Å². The van der Waals surface area contributed by atoms with Crippen LogP contribution in [0.25, 0.3) is 0 Å². The molecule has 0 saturated heterocycles. The zero-order valence-electron chi connectivity index (χ0n) is 21.4. The average molecular weight is 538 g/mol. The van der Waals surface area contributed by atoms with Gasteiger partial charge in [-0.2, -0.15) is 0 Å². The lowest BCUT2D eigenvalue weighted by molar-refractivity contribution is -0.145. The number of Topliss-reactive ketones (excluding diaryl/α,β-unsaturated/α-hetero) is 2. The Bertz CT molecular complexity index is 1490. The molecular formula is C27H27N3O9. The Balaban J connectivity index is 1.78. The monoisotopic (exact) mass is 537 g/mol. The molecular weight excluding hydrogens is 510 g/mol. The number of ketones is 2. The van der Waals surface area contributed by atoms with Crippen molar-refractivity contribution in [3.8, 4) is 5.75 Å². The summed E-state index contributed by atoms with van der Waals surface area (Å²) in [4.78, 5) is 74.7. The highest BCUT2D eigenvalue weighted by atomic mass is 16.6. The molecule has 1 heterocycles. The van der Waals surface area contributed by atoms with E-state index in [1.807, 2.05) is 0 Å². The summed E-state index contributed by atoms with van der Waals surface area (Å²) in [5.41, 5.74) is 4.57. The van der Waals surface area contributed by atoms with Crippen molar-refractivity contribution in [3.05, 3.63) is 92.1 Å². The van der Waals surface area contributed by atoms with Gasteiger partial charge >= 0.3 is 17.6 Å². The Morgan fingerprint density at radius 2 is 1.51 bits per heavy atom. The molecule has 0 bridgehead atoms.